The van der Waals surface area contributed by atoms with Crippen molar-refractivity contribution < 1.29 is 17.9 Å². The molecule has 0 aliphatic carbocycles. The Morgan fingerprint density at radius 1 is 1.32 bits per heavy atom. The van der Waals surface area contributed by atoms with E-state index in [1.807, 2.05) is 13.0 Å². The number of methoxy groups -OCH3 is 1. The van der Waals surface area contributed by atoms with Crippen LogP contribution in [0.1, 0.15) is 25.1 Å². The fourth-order valence-electron chi connectivity index (χ4n) is 2.05. The Kier molecular flexibility index (Phi) is 5.59. The average Bonchev–Trinajstić information content (AvgIpc) is 3.01. The number of thiophene rings is 2. The number of fused-ring (bicyclic) bond motifs is 1. The minimum Gasteiger partial charge on any atom is -0.336 e. The van der Waals surface area contributed by atoms with E-state index in [-0.39, 0.29) is 4.21 Å². The maximum absolute atomic E-state index is 11.4. The van der Waals surface area contributed by atoms with Gasteiger partial charge in [-0.1, -0.05) is 6.92 Å². The van der Waals surface area contributed by atoms with Gasteiger partial charge >= 0.3 is 0 Å². The van der Waals surface area contributed by atoms with Crippen molar-refractivity contribution in [2.24, 2.45) is 5.14 Å². The predicted molar refractivity (Wildman–Crippen MR) is 89.7 cm³/mol. The first-order valence-corrected chi connectivity index (χ1v) is 10.0. The van der Waals surface area contributed by atoms with Crippen molar-refractivity contribution in [2.45, 2.75) is 30.4 Å². The average molecular weight is 365 g/mol. The lowest BCUT2D eigenvalue weighted by Crippen LogP contribution is -2.46. The molecule has 0 spiro atoms. The summed E-state index contributed by atoms with van der Waals surface area (Å²) < 4.78 is 35.3. The Balaban J connectivity index is 2.43. The number of primary sulfonamides is 1. The number of hydrogen-bond acceptors (Lipinski definition) is 7. The van der Waals surface area contributed by atoms with Gasteiger partial charge in [0, 0.05) is 25.6 Å². The van der Waals surface area contributed by atoms with Crippen LogP contribution in [0, 0.1) is 0 Å². The zero-order valence-electron chi connectivity index (χ0n) is 12.7. The maximum Gasteiger partial charge on any atom is 0.265 e. The van der Waals surface area contributed by atoms with E-state index in [4.69, 9.17) is 14.6 Å². The Morgan fingerprint density at radius 3 is 2.55 bits per heavy atom. The molecule has 2 aromatic rings. The van der Waals surface area contributed by atoms with E-state index < -0.39 is 15.9 Å². The lowest BCUT2D eigenvalue weighted by atomic mass is 10.3. The first-order chi connectivity index (χ1) is 10.4. The molecular formula is C13H20N2O4S3. The van der Waals surface area contributed by atoms with E-state index in [0.29, 0.717) is 6.61 Å². The number of sulfonamides is 1. The molecule has 22 heavy (non-hydrogen) atoms. The van der Waals surface area contributed by atoms with Crippen LogP contribution in [0.5, 0.6) is 0 Å². The highest BCUT2D eigenvalue weighted by molar-refractivity contribution is 7.91. The molecule has 0 saturated heterocycles. The molecule has 1 atom stereocenters. The van der Waals surface area contributed by atoms with E-state index in [1.165, 1.54) is 11.3 Å². The molecular weight excluding hydrogens is 344 g/mol. The molecule has 0 bridgehead atoms. The van der Waals surface area contributed by atoms with Gasteiger partial charge in [0.15, 0.2) is 0 Å². The Morgan fingerprint density at radius 2 is 2.05 bits per heavy atom. The van der Waals surface area contributed by atoms with E-state index in [1.54, 1.807) is 13.2 Å². The molecule has 0 aliphatic heterocycles. The third-order valence-corrected chi connectivity index (χ3v) is 6.93. The van der Waals surface area contributed by atoms with Crippen LogP contribution in [0.2, 0.25) is 0 Å². The standard InChI is InChI=1S/C13H20N2O4S3/c1-4-6-15-13(18-3,19-5-2)10-7-9-8-11(22(14,16)17)21-12(9)20-10/h7-8,15H,4-6H2,1-3H3,(H2,14,16,17). The lowest BCUT2D eigenvalue weighted by Gasteiger charge is -2.31. The number of nitrogens with two attached hydrogens (primary N) is 1. The van der Waals surface area contributed by atoms with E-state index in [9.17, 15) is 8.42 Å². The summed E-state index contributed by atoms with van der Waals surface area (Å²) in [6, 6.07) is 3.47. The highest BCUT2D eigenvalue weighted by atomic mass is 32.2. The van der Waals surface area contributed by atoms with Crippen LogP contribution >= 0.6 is 22.7 Å². The van der Waals surface area contributed by atoms with Gasteiger partial charge in [-0.3, -0.25) is 5.32 Å². The second-order valence-electron chi connectivity index (χ2n) is 4.64. The van der Waals surface area contributed by atoms with Gasteiger partial charge < -0.3 is 9.47 Å². The fourth-order valence-corrected chi connectivity index (χ4v) is 5.50. The Labute approximate surface area is 138 Å². The highest BCUT2D eigenvalue weighted by Crippen LogP contribution is 2.40. The van der Waals surface area contributed by atoms with Crippen LogP contribution < -0.4 is 10.5 Å². The molecule has 3 N–H and O–H groups in total. The smallest absolute Gasteiger partial charge is 0.265 e. The van der Waals surface area contributed by atoms with Crippen molar-refractivity contribution in [1.82, 2.24) is 5.32 Å². The van der Waals surface area contributed by atoms with Crippen LogP contribution in [0.25, 0.3) is 9.40 Å². The van der Waals surface area contributed by atoms with Crippen molar-refractivity contribution in [3.05, 3.63) is 17.0 Å². The normalized spacial score (nSPS) is 15.3. The Bertz CT molecular complexity index is 706. The van der Waals surface area contributed by atoms with Gasteiger partial charge in [0.1, 0.15) is 4.21 Å². The molecule has 6 nitrogen and oxygen atoms in total. The molecule has 1 unspecified atom stereocenters. The summed E-state index contributed by atoms with van der Waals surface area (Å²) in [5, 5.41) is 9.27. The van der Waals surface area contributed by atoms with Gasteiger partial charge in [-0.2, -0.15) is 0 Å². The maximum atomic E-state index is 11.4. The van der Waals surface area contributed by atoms with Gasteiger partial charge in [0.05, 0.1) is 8.89 Å². The van der Waals surface area contributed by atoms with Crippen LogP contribution in [-0.2, 0) is 25.4 Å². The molecule has 0 aromatic carbocycles. The molecule has 124 valence electrons. The van der Waals surface area contributed by atoms with Gasteiger partial charge in [-0.05, 0) is 25.5 Å². The van der Waals surface area contributed by atoms with Crippen LogP contribution in [0.15, 0.2) is 16.3 Å². The van der Waals surface area contributed by atoms with Gasteiger partial charge in [0.2, 0.25) is 10.0 Å². The molecule has 2 rings (SSSR count). The third kappa shape index (κ3) is 3.51. The summed E-state index contributed by atoms with van der Waals surface area (Å²) in [4.78, 5) is 0.854. The van der Waals surface area contributed by atoms with Crippen molar-refractivity contribution in [3.8, 4) is 0 Å². The van der Waals surface area contributed by atoms with Gasteiger partial charge in [-0.25, -0.2) is 13.6 Å². The summed E-state index contributed by atoms with van der Waals surface area (Å²) >= 11 is 2.60. The molecule has 0 fully saturated rings. The lowest BCUT2D eigenvalue weighted by molar-refractivity contribution is -0.248. The highest BCUT2D eigenvalue weighted by Gasteiger charge is 2.35. The van der Waals surface area contributed by atoms with E-state index in [2.05, 4.69) is 12.2 Å². The second kappa shape index (κ2) is 6.91. The third-order valence-electron chi connectivity index (χ3n) is 3.04. The molecule has 0 aliphatic rings. The second-order valence-corrected chi connectivity index (χ2v) is 8.80. The van der Waals surface area contributed by atoms with Gasteiger partial charge in [0.25, 0.3) is 5.91 Å². The SMILES string of the molecule is CCCNC(OC)(OCC)c1cc2cc(S(N)(=O)=O)sc2s1. The monoisotopic (exact) mass is 364 g/mol. The summed E-state index contributed by atoms with van der Waals surface area (Å²) in [7, 11) is -2.08. The number of ether oxygens (including phenoxy) is 2. The molecule has 2 heterocycles. The molecule has 0 radical (unpaired) electrons. The predicted octanol–water partition coefficient (Wildman–Crippen LogP) is 2.40. The summed E-state index contributed by atoms with van der Waals surface area (Å²) in [6.45, 7) is 5.18. The Hall–Kier alpha value is -0.550. The fraction of sp³-hybridized carbons (Fsp3) is 0.538. The number of rotatable bonds is 8. The summed E-state index contributed by atoms with van der Waals surface area (Å²) in [5.41, 5.74) is 0. The minimum absolute atomic E-state index is 0.168. The van der Waals surface area contributed by atoms with Crippen LogP contribution in [0.4, 0.5) is 0 Å². The zero-order chi connectivity index (χ0) is 16.4. The number of hydrogen-bond donors (Lipinski definition) is 2. The van der Waals surface area contributed by atoms with Crippen molar-refractivity contribution in [1.29, 1.82) is 0 Å². The van der Waals surface area contributed by atoms with Gasteiger partial charge in [-0.15, -0.1) is 22.7 Å². The molecule has 0 saturated carbocycles. The van der Waals surface area contributed by atoms with Crippen LogP contribution in [0.3, 0.4) is 0 Å². The van der Waals surface area contributed by atoms with Crippen LogP contribution in [-0.4, -0.2) is 28.7 Å². The van der Waals surface area contributed by atoms with E-state index >= 15 is 0 Å². The molecule has 0 amide bonds. The number of nitrogens with one attached hydrogen (secondary N) is 1. The zero-order valence-corrected chi connectivity index (χ0v) is 15.2. The first-order valence-electron chi connectivity index (χ1n) is 6.87. The minimum atomic E-state index is -3.67. The quantitative estimate of drug-likeness (QED) is 0.702. The van der Waals surface area contributed by atoms with E-state index in [0.717, 1.165) is 38.6 Å². The molecule has 9 heteroatoms. The first kappa shape index (κ1) is 17.8. The van der Waals surface area contributed by atoms with Crippen molar-refractivity contribution in [3.63, 3.8) is 0 Å². The van der Waals surface area contributed by atoms with Crippen molar-refractivity contribution in [2.75, 3.05) is 20.3 Å². The summed E-state index contributed by atoms with van der Waals surface area (Å²) in [6.07, 6.45) is 0.938. The topological polar surface area (TPSA) is 90.7 Å². The molecule has 2 aromatic heterocycles. The van der Waals surface area contributed by atoms with Crippen molar-refractivity contribution >= 4 is 42.1 Å². The summed E-state index contributed by atoms with van der Waals surface area (Å²) in [5.74, 6) is -1.00. The largest absolute Gasteiger partial charge is 0.336 e.